The Morgan fingerprint density at radius 2 is 1.31 bits per heavy atom. The molecule has 0 radical (unpaired) electrons. The Kier molecular flexibility index (Phi) is 7.19. The highest BCUT2D eigenvalue weighted by atomic mass is 15.1. The van der Waals surface area contributed by atoms with Crippen molar-refractivity contribution in [3.63, 3.8) is 0 Å². The topological polar surface area (TPSA) is 24.1 Å². The first kappa shape index (κ1) is 13.5. The fraction of sp³-hybridized carbons (Fsp3) is 0.714. The van der Waals surface area contributed by atoms with Crippen molar-refractivity contribution in [2.75, 3.05) is 13.1 Å². The molecule has 2 nitrogen and oxygen atoms in total. The van der Waals surface area contributed by atoms with Crippen molar-refractivity contribution < 1.29 is 0 Å². The molecule has 16 heavy (non-hydrogen) atoms. The molecule has 0 saturated carbocycles. The van der Waals surface area contributed by atoms with E-state index < -0.39 is 0 Å². The van der Waals surface area contributed by atoms with Crippen LogP contribution in [0.4, 0.5) is 0 Å². The van der Waals surface area contributed by atoms with Gasteiger partial charge >= 0.3 is 0 Å². The lowest BCUT2D eigenvalue weighted by atomic mass is 10.0. The molecule has 1 saturated heterocycles. The smallest absolute Gasteiger partial charge is 0.0442 e. The summed E-state index contributed by atoms with van der Waals surface area (Å²) in [7, 11) is 0. The SMILES string of the molecule is CCC/C=C/[C@H]1NCCN[C@@H]1/C=C/CCC. The monoisotopic (exact) mass is 222 g/mol. The molecule has 2 N–H and O–H groups in total. The van der Waals surface area contributed by atoms with Gasteiger partial charge in [-0.05, 0) is 12.8 Å². The molecule has 1 fully saturated rings. The number of nitrogens with one attached hydrogen (secondary N) is 2. The predicted molar refractivity (Wildman–Crippen MR) is 71.7 cm³/mol. The first-order valence-electron chi connectivity index (χ1n) is 6.68. The van der Waals surface area contributed by atoms with Gasteiger partial charge in [-0.1, -0.05) is 51.0 Å². The third-order valence-electron chi connectivity index (χ3n) is 2.87. The third-order valence-corrected chi connectivity index (χ3v) is 2.87. The zero-order valence-corrected chi connectivity index (χ0v) is 10.7. The molecule has 0 aromatic heterocycles. The second-order valence-electron chi connectivity index (χ2n) is 4.39. The lowest BCUT2D eigenvalue weighted by Gasteiger charge is -2.29. The van der Waals surface area contributed by atoms with E-state index in [1.165, 1.54) is 25.7 Å². The molecule has 2 atom stereocenters. The number of rotatable bonds is 6. The molecule has 92 valence electrons. The van der Waals surface area contributed by atoms with Gasteiger partial charge in [-0.25, -0.2) is 0 Å². The summed E-state index contributed by atoms with van der Waals surface area (Å²) in [4.78, 5) is 0. The van der Waals surface area contributed by atoms with Crippen molar-refractivity contribution in [1.29, 1.82) is 0 Å². The molecule has 0 amide bonds. The number of piperazine rings is 1. The molecule has 0 bridgehead atoms. The maximum Gasteiger partial charge on any atom is 0.0442 e. The quantitative estimate of drug-likeness (QED) is 0.675. The number of unbranched alkanes of at least 4 members (excludes halogenated alkanes) is 2. The average Bonchev–Trinajstić information content (AvgIpc) is 2.32. The van der Waals surface area contributed by atoms with Crippen molar-refractivity contribution in [2.24, 2.45) is 0 Å². The molecule has 0 aliphatic carbocycles. The van der Waals surface area contributed by atoms with Gasteiger partial charge < -0.3 is 10.6 Å². The van der Waals surface area contributed by atoms with Gasteiger partial charge in [0.1, 0.15) is 0 Å². The molecule has 0 aromatic carbocycles. The van der Waals surface area contributed by atoms with Crippen LogP contribution in [0.5, 0.6) is 0 Å². The summed E-state index contributed by atoms with van der Waals surface area (Å²) in [5.74, 6) is 0. The van der Waals surface area contributed by atoms with Crippen LogP contribution < -0.4 is 10.6 Å². The fourth-order valence-electron chi connectivity index (χ4n) is 1.93. The summed E-state index contributed by atoms with van der Waals surface area (Å²) in [5, 5.41) is 7.11. The molecule has 2 heteroatoms. The number of allylic oxidation sites excluding steroid dienone is 2. The maximum atomic E-state index is 3.55. The summed E-state index contributed by atoms with van der Waals surface area (Å²) < 4.78 is 0. The van der Waals surface area contributed by atoms with Gasteiger partial charge in [-0.3, -0.25) is 0 Å². The first-order chi connectivity index (χ1) is 7.88. The number of hydrogen-bond acceptors (Lipinski definition) is 2. The van der Waals surface area contributed by atoms with Crippen LogP contribution in [0.3, 0.4) is 0 Å². The summed E-state index contributed by atoms with van der Waals surface area (Å²) >= 11 is 0. The Morgan fingerprint density at radius 3 is 1.69 bits per heavy atom. The average molecular weight is 222 g/mol. The van der Waals surface area contributed by atoms with Crippen LogP contribution >= 0.6 is 0 Å². The minimum absolute atomic E-state index is 0.466. The molecular formula is C14H26N2. The van der Waals surface area contributed by atoms with E-state index >= 15 is 0 Å². The zero-order chi connectivity index (χ0) is 11.6. The van der Waals surface area contributed by atoms with Gasteiger partial charge in [0.05, 0.1) is 0 Å². The Labute approximate surface area is 100 Å². The van der Waals surface area contributed by atoms with Gasteiger partial charge in [0, 0.05) is 25.2 Å². The fourth-order valence-corrected chi connectivity index (χ4v) is 1.93. The highest BCUT2D eigenvalue weighted by Gasteiger charge is 2.18. The third kappa shape index (κ3) is 4.95. The Bertz CT molecular complexity index is 197. The van der Waals surface area contributed by atoms with E-state index in [1.54, 1.807) is 0 Å². The van der Waals surface area contributed by atoms with Crippen LogP contribution in [0.2, 0.25) is 0 Å². The van der Waals surface area contributed by atoms with Crippen LogP contribution in [0.1, 0.15) is 39.5 Å². The molecule has 0 aromatic rings. The second kappa shape index (κ2) is 8.54. The van der Waals surface area contributed by atoms with Crippen LogP contribution in [-0.4, -0.2) is 25.2 Å². The van der Waals surface area contributed by atoms with E-state index in [1.807, 2.05) is 0 Å². The van der Waals surface area contributed by atoms with Crippen molar-refractivity contribution in [3.8, 4) is 0 Å². The molecule has 0 unspecified atom stereocenters. The van der Waals surface area contributed by atoms with Crippen molar-refractivity contribution in [3.05, 3.63) is 24.3 Å². The Morgan fingerprint density at radius 1 is 0.875 bits per heavy atom. The highest BCUT2D eigenvalue weighted by Crippen LogP contribution is 2.04. The standard InChI is InChI=1S/C14H26N2/c1-3-5-7-9-13-14(10-8-6-4-2)16-12-11-15-13/h7-10,13-16H,3-6,11-12H2,1-2H3/b9-7+,10-8+/t13-,14-/m1/s1. The van der Waals surface area contributed by atoms with Crippen molar-refractivity contribution in [1.82, 2.24) is 10.6 Å². The predicted octanol–water partition coefficient (Wildman–Crippen LogP) is 2.63. The minimum atomic E-state index is 0.466. The van der Waals surface area contributed by atoms with Gasteiger partial charge in [-0.2, -0.15) is 0 Å². The van der Waals surface area contributed by atoms with E-state index in [-0.39, 0.29) is 0 Å². The maximum absolute atomic E-state index is 3.55. The summed E-state index contributed by atoms with van der Waals surface area (Å²) in [6.07, 6.45) is 14.1. The van der Waals surface area contributed by atoms with E-state index in [0.717, 1.165) is 13.1 Å². The van der Waals surface area contributed by atoms with Gasteiger partial charge in [0.25, 0.3) is 0 Å². The molecule has 0 spiro atoms. The first-order valence-corrected chi connectivity index (χ1v) is 6.68. The van der Waals surface area contributed by atoms with Crippen LogP contribution in [-0.2, 0) is 0 Å². The largest absolute Gasteiger partial charge is 0.308 e. The van der Waals surface area contributed by atoms with E-state index in [4.69, 9.17) is 0 Å². The minimum Gasteiger partial charge on any atom is -0.308 e. The van der Waals surface area contributed by atoms with E-state index in [0.29, 0.717) is 12.1 Å². The second-order valence-corrected chi connectivity index (χ2v) is 4.39. The van der Waals surface area contributed by atoms with Crippen LogP contribution in [0.25, 0.3) is 0 Å². The summed E-state index contributed by atoms with van der Waals surface area (Å²) in [6, 6.07) is 0.932. The lowest BCUT2D eigenvalue weighted by molar-refractivity contribution is 0.409. The van der Waals surface area contributed by atoms with Gasteiger partial charge in [-0.15, -0.1) is 0 Å². The molecule has 1 heterocycles. The molecular weight excluding hydrogens is 196 g/mol. The summed E-state index contributed by atoms with van der Waals surface area (Å²) in [6.45, 7) is 6.57. The highest BCUT2D eigenvalue weighted by molar-refractivity contribution is 5.09. The van der Waals surface area contributed by atoms with E-state index in [2.05, 4.69) is 48.8 Å². The van der Waals surface area contributed by atoms with Crippen molar-refractivity contribution in [2.45, 2.75) is 51.6 Å². The van der Waals surface area contributed by atoms with Crippen LogP contribution in [0.15, 0.2) is 24.3 Å². The normalized spacial score (nSPS) is 26.9. The van der Waals surface area contributed by atoms with Crippen molar-refractivity contribution >= 4 is 0 Å². The Hall–Kier alpha value is -0.600. The Balaban J connectivity index is 2.43. The van der Waals surface area contributed by atoms with E-state index in [9.17, 15) is 0 Å². The van der Waals surface area contributed by atoms with Gasteiger partial charge in [0.15, 0.2) is 0 Å². The zero-order valence-electron chi connectivity index (χ0n) is 10.7. The number of hydrogen-bond donors (Lipinski definition) is 2. The van der Waals surface area contributed by atoms with Gasteiger partial charge in [0.2, 0.25) is 0 Å². The molecule has 1 rings (SSSR count). The summed E-state index contributed by atoms with van der Waals surface area (Å²) in [5.41, 5.74) is 0. The molecule has 1 aliphatic heterocycles. The molecule has 1 aliphatic rings. The van der Waals surface area contributed by atoms with Crippen LogP contribution in [0, 0.1) is 0 Å². The lowest BCUT2D eigenvalue weighted by Crippen LogP contribution is -2.54.